The van der Waals surface area contributed by atoms with E-state index in [9.17, 15) is 4.79 Å². The van der Waals surface area contributed by atoms with Crippen molar-refractivity contribution in [3.63, 3.8) is 0 Å². The van der Waals surface area contributed by atoms with E-state index in [1.54, 1.807) is 6.92 Å². The number of rotatable bonds is 4. The molecule has 0 aliphatic heterocycles. The van der Waals surface area contributed by atoms with Crippen molar-refractivity contribution < 1.29 is 4.79 Å². The number of nitrogens with zero attached hydrogens (tertiary/aromatic N) is 4. The lowest BCUT2D eigenvalue weighted by atomic mass is 9.98. The molecule has 3 aromatic rings. The van der Waals surface area contributed by atoms with Crippen LogP contribution in [-0.4, -0.2) is 26.0 Å². The number of benzene rings is 2. The lowest BCUT2D eigenvalue weighted by molar-refractivity contribution is 0.0917. The van der Waals surface area contributed by atoms with Crippen molar-refractivity contribution in [3.8, 4) is 11.4 Å². The smallest absolute Gasteiger partial charge is 0.205 e. The van der Waals surface area contributed by atoms with Gasteiger partial charge in [0.1, 0.15) is 6.04 Å². The Balaban J connectivity index is 1.91. The normalized spacial score (nSPS) is 12.2. The number of carbonyl (C=O) groups excluding carboxylic acids is 1. The first kappa shape index (κ1) is 16.1. The van der Waals surface area contributed by atoms with Gasteiger partial charge in [-0.1, -0.05) is 42.0 Å². The Labute approximate surface area is 141 Å². The Morgan fingerprint density at radius 2 is 1.79 bits per heavy atom. The lowest BCUT2D eigenvalue weighted by Crippen LogP contribution is -2.20. The predicted molar refractivity (Wildman–Crippen MR) is 92.9 cm³/mol. The zero-order valence-corrected chi connectivity index (χ0v) is 14.3. The van der Waals surface area contributed by atoms with Gasteiger partial charge in [0.25, 0.3) is 0 Å². The largest absolute Gasteiger partial charge is 0.292 e. The molecule has 122 valence electrons. The number of tetrazole rings is 1. The van der Waals surface area contributed by atoms with Crippen molar-refractivity contribution in [1.82, 2.24) is 20.2 Å². The zero-order chi connectivity index (χ0) is 17.3. The van der Waals surface area contributed by atoms with Crippen molar-refractivity contribution in [1.29, 1.82) is 0 Å². The monoisotopic (exact) mass is 320 g/mol. The lowest BCUT2D eigenvalue weighted by Gasteiger charge is -2.11. The fourth-order valence-corrected chi connectivity index (χ4v) is 2.65. The van der Waals surface area contributed by atoms with Gasteiger partial charge in [0, 0.05) is 11.1 Å². The minimum Gasteiger partial charge on any atom is -0.292 e. The second-order valence-electron chi connectivity index (χ2n) is 6.11. The Kier molecular flexibility index (Phi) is 4.25. The number of aryl methyl sites for hydroxylation is 3. The molecule has 24 heavy (non-hydrogen) atoms. The van der Waals surface area contributed by atoms with Gasteiger partial charge in [-0.05, 0) is 50.1 Å². The van der Waals surface area contributed by atoms with Crippen LogP contribution in [0.3, 0.4) is 0 Å². The summed E-state index contributed by atoms with van der Waals surface area (Å²) in [4.78, 5) is 14.2. The van der Waals surface area contributed by atoms with E-state index in [-0.39, 0.29) is 5.78 Å². The molecule has 0 bridgehead atoms. The maximum Gasteiger partial charge on any atom is 0.205 e. The summed E-state index contributed by atoms with van der Waals surface area (Å²) in [6, 6.07) is 13.2. The SMILES string of the molecule is Cc1ccc(C)c(C(=O)C(C)n2nnc(-c3ccccc3C)n2)c1. The van der Waals surface area contributed by atoms with E-state index in [0.29, 0.717) is 11.4 Å². The number of Topliss-reactive ketones (excluding diaryl/α,β-unsaturated/α-hetero) is 1. The maximum absolute atomic E-state index is 12.8. The summed E-state index contributed by atoms with van der Waals surface area (Å²) in [6.45, 7) is 7.71. The second-order valence-corrected chi connectivity index (χ2v) is 6.11. The van der Waals surface area contributed by atoms with Crippen LogP contribution in [0.4, 0.5) is 0 Å². The average molecular weight is 320 g/mol. The number of aromatic nitrogens is 4. The Morgan fingerprint density at radius 1 is 1.04 bits per heavy atom. The van der Waals surface area contributed by atoms with Gasteiger partial charge in [-0.2, -0.15) is 4.80 Å². The average Bonchev–Trinajstić information content (AvgIpc) is 3.06. The molecule has 0 N–H and O–H groups in total. The molecule has 0 aliphatic carbocycles. The molecule has 1 heterocycles. The number of ketones is 1. The summed E-state index contributed by atoms with van der Waals surface area (Å²) >= 11 is 0. The third kappa shape index (κ3) is 2.97. The van der Waals surface area contributed by atoms with Gasteiger partial charge in [0.2, 0.25) is 5.82 Å². The van der Waals surface area contributed by atoms with Gasteiger partial charge >= 0.3 is 0 Å². The first-order valence-corrected chi connectivity index (χ1v) is 7.94. The van der Waals surface area contributed by atoms with Crippen LogP contribution in [0.25, 0.3) is 11.4 Å². The van der Waals surface area contributed by atoms with E-state index < -0.39 is 6.04 Å². The Bertz CT molecular complexity index is 898. The molecule has 0 radical (unpaired) electrons. The highest BCUT2D eigenvalue weighted by Crippen LogP contribution is 2.21. The number of hydrogen-bond donors (Lipinski definition) is 0. The summed E-state index contributed by atoms with van der Waals surface area (Å²) in [5.74, 6) is 0.527. The van der Waals surface area contributed by atoms with Crippen molar-refractivity contribution >= 4 is 5.78 Å². The van der Waals surface area contributed by atoms with Crippen LogP contribution < -0.4 is 0 Å². The number of carbonyl (C=O) groups is 1. The van der Waals surface area contributed by atoms with Crippen LogP contribution in [0.1, 0.15) is 40.0 Å². The molecular formula is C19H20N4O. The van der Waals surface area contributed by atoms with Gasteiger partial charge in [-0.25, -0.2) is 0 Å². The fraction of sp³-hybridized carbons (Fsp3) is 0.263. The van der Waals surface area contributed by atoms with E-state index in [1.807, 2.05) is 63.2 Å². The molecule has 3 rings (SSSR count). The molecule has 1 atom stereocenters. The number of hydrogen-bond acceptors (Lipinski definition) is 4. The van der Waals surface area contributed by atoms with Crippen LogP contribution in [0.15, 0.2) is 42.5 Å². The summed E-state index contributed by atoms with van der Waals surface area (Å²) in [5.41, 5.74) is 4.72. The molecule has 0 amide bonds. The standard InChI is InChI=1S/C19H20N4O/c1-12-9-10-14(3)17(11-12)18(24)15(4)23-21-19(20-22-23)16-8-6-5-7-13(16)2/h5-11,15H,1-4H3. The van der Waals surface area contributed by atoms with Gasteiger partial charge in [-0.15, -0.1) is 10.2 Å². The van der Waals surface area contributed by atoms with E-state index in [2.05, 4.69) is 15.4 Å². The minimum atomic E-state index is -0.504. The summed E-state index contributed by atoms with van der Waals surface area (Å²) < 4.78 is 0. The summed E-state index contributed by atoms with van der Waals surface area (Å²) in [5, 5.41) is 12.6. The van der Waals surface area contributed by atoms with Crippen LogP contribution >= 0.6 is 0 Å². The van der Waals surface area contributed by atoms with Gasteiger partial charge in [-0.3, -0.25) is 4.79 Å². The predicted octanol–water partition coefficient (Wildman–Crippen LogP) is 3.71. The highest BCUT2D eigenvalue weighted by atomic mass is 16.1. The molecule has 0 spiro atoms. The van der Waals surface area contributed by atoms with E-state index in [4.69, 9.17) is 0 Å². The van der Waals surface area contributed by atoms with Gasteiger partial charge < -0.3 is 0 Å². The first-order chi connectivity index (χ1) is 11.5. The third-order valence-electron chi connectivity index (χ3n) is 4.20. The minimum absolute atomic E-state index is 0.00932. The van der Waals surface area contributed by atoms with Crippen LogP contribution in [0.2, 0.25) is 0 Å². The molecule has 5 nitrogen and oxygen atoms in total. The van der Waals surface area contributed by atoms with Crippen molar-refractivity contribution in [2.75, 3.05) is 0 Å². The highest BCUT2D eigenvalue weighted by molar-refractivity contribution is 6.00. The molecular weight excluding hydrogens is 300 g/mol. The van der Waals surface area contributed by atoms with Gasteiger partial charge in [0.05, 0.1) is 0 Å². The van der Waals surface area contributed by atoms with E-state index in [0.717, 1.165) is 22.3 Å². The van der Waals surface area contributed by atoms with E-state index in [1.165, 1.54) is 4.80 Å². The summed E-state index contributed by atoms with van der Waals surface area (Å²) in [6.07, 6.45) is 0. The molecule has 0 saturated carbocycles. The third-order valence-corrected chi connectivity index (χ3v) is 4.20. The van der Waals surface area contributed by atoms with Crippen LogP contribution in [-0.2, 0) is 0 Å². The summed E-state index contributed by atoms with van der Waals surface area (Å²) in [7, 11) is 0. The quantitative estimate of drug-likeness (QED) is 0.688. The van der Waals surface area contributed by atoms with Crippen molar-refractivity contribution in [3.05, 3.63) is 64.7 Å². The van der Waals surface area contributed by atoms with Gasteiger partial charge in [0.15, 0.2) is 5.78 Å². The maximum atomic E-state index is 12.8. The molecule has 2 aromatic carbocycles. The van der Waals surface area contributed by atoms with Crippen molar-refractivity contribution in [2.24, 2.45) is 0 Å². The van der Waals surface area contributed by atoms with Crippen molar-refractivity contribution in [2.45, 2.75) is 33.7 Å². The Morgan fingerprint density at radius 3 is 2.54 bits per heavy atom. The highest BCUT2D eigenvalue weighted by Gasteiger charge is 2.22. The molecule has 1 unspecified atom stereocenters. The topological polar surface area (TPSA) is 60.7 Å². The zero-order valence-electron chi connectivity index (χ0n) is 14.3. The molecule has 0 saturated heterocycles. The first-order valence-electron chi connectivity index (χ1n) is 7.94. The molecule has 5 heteroatoms. The fourth-order valence-electron chi connectivity index (χ4n) is 2.65. The Hall–Kier alpha value is -2.82. The second kappa shape index (κ2) is 6.35. The molecule has 0 fully saturated rings. The molecule has 1 aromatic heterocycles. The van der Waals surface area contributed by atoms with Crippen LogP contribution in [0, 0.1) is 20.8 Å². The molecule has 0 aliphatic rings. The van der Waals surface area contributed by atoms with E-state index >= 15 is 0 Å². The van der Waals surface area contributed by atoms with Crippen LogP contribution in [0.5, 0.6) is 0 Å².